The summed E-state index contributed by atoms with van der Waals surface area (Å²) in [6.07, 6.45) is -0.0789. The number of aliphatic hydroxyl groups excluding tert-OH is 1. The molecule has 1 aliphatic rings. The lowest BCUT2D eigenvalue weighted by molar-refractivity contribution is -0.120. The van der Waals surface area contributed by atoms with Crippen LogP contribution >= 0.6 is 0 Å². The van der Waals surface area contributed by atoms with Crippen LogP contribution in [0.25, 0.3) is 0 Å². The Labute approximate surface area is 99.8 Å². The lowest BCUT2D eigenvalue weighted by Gasteiger charge is -2.26. The van der Waals surface area contributed by atoms with Crippen molar-refractivity contribution >= 4 is 11.6 Å². The van der Waals surface area contributed by atoms with E-state index in [2.05, 4.69) is 0 Å². The second kappa shape index (κ2) is 4.73. The van der Waals surface area contributed by atoms with E-state index in [-0.39, 0.29) is 19.1 Å². The van der Waals surface area contributed by atoms with Crippen LogP contribution in [-0.4, -0.2) is 37.3 Å². The zero-order chi connectivity index (χ0) is 12.4. The molecule has 1 amide bonds. The van der Waals surface area contributed by atoms with E-state index in [0.717, 1.165) is 11.3 Å². The van der Waals surface area contributed by atoms with Crippen molar-refractivity contribution in [3.05, 3.63) is 23.8 Å². The molecule has 0 radical (unpaired) electrons. The van der Waals surface area contributed by atoms with Crippen molar-refractivity contribution in [3.8, 4) is 5.75 Å². The highest BCUT2D eigenvalue weighted by Crippen LogP contribution is 2.32. The van der Waals surface area contributed by atoms with Crippen molar-refractivity contribution in [2.75, 3.05) is 25.1 Å². The molecule has 1 heterocycles. The number of carbonyl (C=O) groups excluding carboxylic acids is 1. The van der Waals surface area contributed by atoms with E-state index in [1.807, 2.05) is 18.2 Å². The molecule has 0 fully saturated rings. The molecule has 1 aliphatic heterocycles. The van der Waals surface area contributed by atoms with Gasteiger partial charge in [0.2, 0.25) is 0 Å². The minimum Gasteiger partial charge on any atom is -0.482 e. The molecule has 1 unspecified atom stereocenters. The molecule has 17 heavy (non-hydrogen) atoms. The number of carbonyl (C=O) groups is 1. The fraction of sp³-hybridized carbons (Fsp3) is 0.417. The summed E-state index contributed by atoms with van der Waals surface area (Å²) < 4.78 is 5.31. The number of aliphatic hydroxyl groups is 1. The topological polar surface area (TPSA) is 75.8 Å². The first-order valence-electron chi connectivity index (χ1n) is 5.52. The molecule has 1 aromatic rings. The van der Waals surface area contributed by atoms with Crippen molar-refractivity contribution in [1.82, 2.24) is 0 Å². The standard InChI is InChI=1S/C12H16N2O3/c1-14-10-5-8(4-9(15)6-13)2-3-11(10)17-7-12(14)16/h2-3,5,9,15H,4,6-7,13H2,1H3. The van der Waals surface area contributed by atoms with Gasteiger partial charge in [0.05, 0.1) is 11.8 Å². The first-order chi connectivity index (χ1) is 8.11. The molecule has 1 atom stereocenters. The van der Waals surface area contributed by atoms with Gasteiger partial charge in [0, 0.05) is 13.6 Å². The molecule has 0 aliphatic carbocycles. The summed E-state index contributed by atoms with van der Waals surface area (Å²) in [5.74, 6) is 0.618. The quantitative estimate of drug-likeness (QED) is 0.768. The maximum atomic E-state index is 11.5. The monoisotopic (exact) mass is 236 g/mol. The van der Waals surface area contributed by atoms with E-state index in [0.29, 0.717) is 12.2 Å². The van der Waals surface area contributed by atoms with Crippen LogP contribution in [0, 0.1) is 0 Å². The average Bonchev–Trinajstić information content (AvgIpc) is 2.34. The Kier molecular flexibility index (Phi) is 3.31. The predicted molar refractivity (Wildman–Crippen MR) is 64.1 cm³/mol. The number of hydrogen-bond donors (Lipinski definition) is 2. The van der Waals surface area contributed by atoms with E-state index in [1.165, 1.54) is 0 Å². The van der Waals surface area contributed by atoms with E-state index < -0.39 is 6.10 Å². The first-order valence-corrected chi connectivity index (χ1v) is 5.52. The van der Waals surface area contributed by atoms with Gasteiger partial charge in [-0.3, -0.25) is 4.79 Å². The molecule has 0 aromatic heterocycles. The molecular weight excluding hydrogens is 220 g/mol. The summed E-state index contributed by atoms with van der Waals surface area (Å²) in [6, 6.07) is 5.55. The Hall–Kier alpha value is -1.59. The summed E-state index contributed by atoms with van der Waals surface area (Å²) in [4.78, 5) is 13.0. The molecule has 0 bridgehead atoms. The summed E-state index contributed by atoms with van der Waals surface area (Å²) in [5, 5.41) is 9.50. The number of benzene rings is 1. The lowest BCUT2D eigenvalue weighted by atomic mass is 10.1. The molecule has 3 N–H and O–H groups in total. The largest absolute Gasteiger partial charge is 0.482 e. The van der Waals surface area contributed by atoms with Gasteiger partial charge in [-0.1, -0.05) is 6.07 Å². The number of likely N-dealkylation sites (N-methyl/N-ethyl adjacent to an activating group) is 1. The highest BCUT2D eigenvalue weighted by Gasteiger charge is 2.22. The highest BCUT2D eigenvalue weighted by molar-refractivity contribution is 5.97. The van der Waals surface area contributed by atoms with Gasteiger partial charge in [-0.05, 0) is 24.1 Å². The molecule has 5 nitrogen and oxygen atoms in total. The second-order valence-corrected chi connectivity index (χ2v) is 4.14. The fourth-order valence-electron chi connectivity index (χ4n) is 1.80. The number of amides is 1. The third kappa shape index (κ3) is 2.40. The minimum atomic E-state index is -0.557. The van der Waals surface area contributed by atoms with Crippen molar-refractivity contribution in [3.63, 3.8) is 0 Å². The van der Waals surface area contributed by atoms with Crippen LogP contribution < -0.4 is 15.4 Å². The van der Waals surface area contributed by atoms with Gasteiger partial charge in [0.1, 0.15) is 5.75 Å². The van der Waals surface area contributed by atoms with Gasteiger partial charge in [-0.2, -0.15) is 0 Å². The summed E-state index contributed by atoms with van der Waals surface area (Å²) in [6.45, 7) is 0.302. The maximum Gasteiger partial charge on any atom is 0.264 e. The second-order valence-electron chi connectivity index (χ2n) is 4.14. The third-order valence-corrected chi connectivity index (χ3v) is 2.85. The number of rotatable bonds is 3. The predicted octanol–water partition coefficient (Wildman–Crippen LogP) is -0.0961. The van der Waals surface area contributed by atoms with Crippen LogP contribution in [0.2, 0.25) is 0 Å². The first kappa shape index (κ1) is 11.9. The molecule has 0 spiro atoms. The van der Waals surface area contributed by atoms with E-state index >= 15 is 0 Å². The van der Waals surface area contributed by atoms with Crippen molar-refractivity contribution in [1.29, 1.82) is 0 Å². The molecule has 2 rings (SSSR count). The highest BCUT2D eigenvalue weighted by atomic mass is 16.5. The minimum absolute atomic E-state index is 0.0750. The van der Waals surface area contributed by atoms with Crippen LogP contribution in [0.15, 0.2) is 18.2 Å². The van der Waals surface area contributed by atoms with Gasteiger partial charge in [0.25, 0.3) is 5.91 Å². The average molecular weight is 236 g/mol. The number of hydrogen-bond acceptors (Lipinski definition) is 4. The fourth-order valence-corrected chi connectivity index (χ4v) is 1.80. The molecule has 5 heteroatoms. The number of fused-ring (bicyclic) bond motifs is 1. The van der Waals surface area contributed by atoms with Gasteiger partial charge < -0.3 is 20.5 Å². The molecule has 1 aromatic carbocycles. The van der Waals surface area contributed by atoms with Crippen LogP contribution in [0.1, 0.15) is 5.56 Å². The maximum absolute atomic E-state index is 11.5. The Morgan fingerprint density at radius 2 is 2.35 bits per heavy atom. The van der Waals surface area contributed by atoms with E-state index in [1.54, 1.807) is 11.9 Å². The Balaban J connectivity index is 2.26. The molecule has 0 saturated carbocycles. The van der Waals surface area contributed by atoms with Gasteiger partial charge in [0.15, 0.2) is 6.61 Å². The lowest BCUT2D eigenvalue weighted by Crippen LogP contribution is -2.35. The van der Waals surface area contributed by atoms with Crippen molar-refractivity contribution in [2.45, 2.75) is 12.5 Å². The van der Waals surface area contributed by atoms with Gasteiger partial charge >= 0.3 is 0 Å². The number of ether oxygens (including phenoxy) is 1. The van der Waals surface area contributed by atoms with Gasteiger partial charge in [-0.25, -0.2) is 0 Å². The zero-order valence-corrected chi connectivity index (χ0v) is 9.72. The Morgan fingerprint density at radius 1 is 1.59 bits per heavy atom. The Morgan fingerprint density at radius 3 is 3.06 bits per heavy atom. The summed E-state index contributed by atoms with van der Waals surface area (Å²) in [5.41, 5.74) is 7.04. The zero-order valence-electron chi connectivity index (χ0n) is 9.72. The van der Waals surface area contributed by atoms with E-state index in [4.69, 9.17) is 10.5 Å². The third-order valence-electron chi connectivity index (χ3n) is 2.85. The Bertz CT molecular complexity index is 434. The normalized spacial score (nSPS) is 16.4. The summed E-state index contributed by atoms with van der Waals surface area (Å²) in [7, 11) is 1.72. The number of anilines is 1. The van der Waals surface area contributed by atoms with Crippen molar-refractivity contribution < 1.29 is 14.6 Å². The van der Waals surface area contributed by atoms with Crippen LogP contribution in [-0.2, 0) is 11.2 Å². The number of nitrogens with zero attached hydrogens (tertiary/aromatic N) is 1. The molecule has 0 saturated heterocycles. The van der Waals surface area contributed by atoms with E-state index in [9.17, 15) is 9.90 Å². The smallest absolute Gasteiger partial charge is 0.264 e. The molecule has 92 valence electrons. The number of nitrogens with two attached hydrogens (primary N) is 1. The SMILES string of the molecule is CN1C(=O)COc2ccc(CC(O)CN)cc21. The van der Waals surface area contributed by atoms with Crippen LogP contribution in [0.5, 0.6) is 5.75 Å². The van der Waals surface area contributed by atoms with Crippen LogP contribution in [0.3, 0.4) is 0 Å². The summed E-state index contributed by atoms with van der Waals surface area (Å²) >= 11 is 0. The van der Waals surface area contributed by atoms with Crippen LogP contribution in [0.4, 0.5) is 5.69 Å². The van der Waals surface area contributed by atoms with Gasteiger partial charge in [-0.15, -0.1) is 0 Å². The molecular formula is C12H16N2O3. The van der Waals surface area contributed by atoms with Crippen molar-refractivity contribution in [2.24, 2.45) is 5.73 Å².